The van der Waals surface area contributed by atoms with Crippen LogP contribution in [0.25, 0.3) is 0 Å². The van der Waals surface area contributed by atoms with Crippen LogP contribution in [0.5, 0.6) is 0 Å². The van der Waals surface area contributed by atoms with Crippen molar-refractivity contribution in [3.63, 3.8) is 0 Å². The van der Waals surface area contributed by atoms with Gasteiger partial charge in [0.05, 0.1) is 6.04 Å². The number of carbonyl (C=O) groups excluding carboxylic acids is 1. The Bertz CT molecular complexity index is 547. The van der Waals surface area contributed by atoms with Crippen molar-refractivity contribution in [1.29, 1.82) is 0 Å². The molecule has 0 saturated carbocycles. The summed E-state index contributed by atoms with van der Waals surface area (Å²) < 4.78 is 0. The zero-order valence-electron chi connectivity index (χ0n) is 32.0. The zero-order valence-corrected chi connectivity index (χ0v) is 32.0. The molecule has 1 unspecified atom stereocenters. The molecule has 4 nitrogen and oxygen atoms in total. The van der Waals surface area contributed by atoms with Crippen molar-refractivity contribution in [2.45, 2.75) is 245 Å². The summed E-state index contributed by atoms with van der Waals surface area (Å²) in [5.41, 5.74) is 12.0. The number of hydrogen-bond donors (Lipinski definition) is 2. The molecular weight excluding hydrogens is 562 g/mol. The van der Waals surface area contributed by atoms with Crippen LogP contribution in [-0.4, -0.2) is 36.5 Å². The van der Waals surface area contributed by atoms with Gasteiger partial charge in [-0.25, -0.2) is 0 Å². The molecule has 0 aromatic rings. The third-order valence-corrected chi connectivity index (χ3v) is 10.2. The maximum absolute atomic E-state index is 13.2. The molecule has 0 aromatic carbocycles. The van der Waals surface area contributed by atoms with Crippen LogP contribution < -0.4 is 11.5 Å². The summed E-state index contributed by atoms with van der Waals surface area (Å²) in [6.45, 7) is 7.05. The molecule has 0 rings (SSSR count). The van der Waals surface area contributed by atoms with E-state index < -0.39 is 0 Å². The third-order valence-electron chi connectivity index (χ3n) is 10.2. The van der Waals surface area contributed by atoms with Crippen molar-refractivity contribution in [2.24, 2.45) is 11.5 Å². The lowest BCUT2D eigenvalue weighted by Gasteiger charge is -2.26. The van der Waals surface area contributed by atoms with Gasteiger partial charge in [-0.3, -0.25) is 4.79 Å². The lowest BCUT2D eigenvalue weighted by molar-refractivity contribution is -0.133. The smallest absolute Gasteiger partial charge is 0.239 e. The van der Waals surface area contributed by atoms with E-state index in [2.05, 4.69) is 18.7 Å². The Morgan fingerprint density at radius 2 is 0.674 bits per heavy atom. The van der Waals surface area contributed by atoms with Crippen LogP contribution >= 0.6 is 0 Å². The van der Waals surface area contributed by atoms with Crippen LogP contribution in [0.3, 0.4) is 0 Å². The third kappa shape index (κ3) is 33.3. The summed E-state index contributed by atoms with van der Waals surface area (Å²) >= 11 is 0. The molecule has 0 aliphatic carbocycles. The summed E-state index contributed by atoms with van der Waals surface area (Å²) in [6.07, 6.45) is 46.8. The van der Waals surface area contributed by atoms with Crippen LogP contribution in [0, 0.1) is 0 Å². The highest BCUT2D eigenvalue weighted by molar-refractivity contribution is 5.81. The lowest BCUT2D eigenvalue weighted by atomic mass is 10.0. The molecule has 46 heavy (non-hydrogen) atoms. The second kappa shape index (κ2) is 38.8. The molecular formula is C42H87N3O. The van der Waals surface area contributed by atoms with Gasteiger partial charge in [0.15, 0.2) is 0 Å². The predicted octanol–water partition coefficient (Wildman–Crippen LogP) is 12.8. The van der Waals surface area contributed by atoms with Crippen LogP contribution in [-0.2, 0) is 4.79 Å². The van der Waals surface area contributed by atoms with Gasteiger partial charge < -0.3 is 16.4 Å². The number of nitrogens with two attached hydrogens (primary N) is 2. The second-order valence-electron chi connectivity index (χ2n) is 14.8. The Hall–Kier alpha value is -0.610. The number of amides is 1. The molecule has 4 heteroatoms. The van der Waals surface area contributed by atoms with E-state index in [0.29, 0.717) is 6.54 Å². The number of unbranched alkanes of at least 4 members (excludes halogenated alkanes) is 31. The normalized spacial score (nSPS) is 12.2. The van der Waals surface area contributed by atoms with Crippen molar-refractivity contribution in [3.05, 3.63) is 0 Å². The zero-order chi connectivity index (χ0) is 33.6. The van der Waals surface area contributed by atoms with Gasteiger partial charge >= 0.3 is 0 Å². The van der Waals surface area contributed by atoms with E-state index >= 15 is 0 Å². The van der Waals surface area contributed by atoms with Crippen molar-refractivity contribution in [3.8, 4) is 0 Å². The van der Waals surface area contributed by atoms with E-state index in [1.54, 1.807) is 0 Å². The Balaban J connectivity index is 3.92. The summed E-state index contributed by atoms with van der Waals surface area (Å²) in [6, 6.07) is -0.353. The van der Waals surface area contributed by atoms with Gasteiger partial charge in [-0.05, 0) is 32.2 Å². The van der Waals surface area contributed by atoms with Crippen LogP contribution in [0.2, 0.25) is 0 Å². The molecule has 0 fully saturated rings. The topological polar surface area (TPSA) is 72.3 Å². The number of hydrogen-bond acceptors (Lipinski definition) is 3. The first kappa shape index (κ1) is 45.4. The highest BCUT2D eigenvalue weighted by atomic mass is 16.2. The Morgan fingerprint density at radius 1 is 0.413 bits per heavy atom. The SMILES string of the molecule is CCCCCCCCCCCCCCCCCCN(CCCCCCCCCCCCCCCCCC)C(=O)C(N)CCCCN. The standard InChI is InChI=1S/C42H87N3O/c1-3-5-7-9-11-13-15-17-19-21-23-25-27-29-31-35-39-45(42(46)41(44)37-33-34-38-43)40-36-32-30-28-26-24-22-20-18-16-14-12-10-8-6-4-2/h41H,3-40,43-44H2,1-2H3. The van der Waals surface area contributed by atoms with Gasteiger partial charge in [0.2, 0.25) is 5.91 Å². The number of rotatable bonds is 39. The van der Waals surface area contributed by atoms with E-state index in [1.165, 1.54) is 193 Å². The fourth-order valence-corrected chi connectivity index (χ4v) is 6.90. The quantitative estimate of drug-likeness (QED) is 0.0651. The van der Waals surface area contributed by atoms with Gasteiger partial charge in [0.1, 0.15) is 0 Å². The largest absolute Gasteiger partial charge is 0.341 e. The predicted molar refractivity (Wildman–Crippen MR) is 207 cm³/mol. The Labute approximate surface area is 290 Å². The van der Waals surface area contributed by atoms with Crippen LogP contribution in [0.1, 0.15) is 239 Å². The fourth-order valence-electron chi connectivity index (χ4n) is 6.90. The van der Waals surface area contributed by atoms with Gasteiger partial charge in [-0.2, -0.15) is 0 Å². The molecule has 0 saturated heterocycles. The molecule has 1 atom stereocenters. The molecule has 1 amide bonds. The summed E-state index contributed by atoms with van der Waals surface area (Å²) in [5.74, 6) is 0.180. The minimum absolute atomic E-state index is 0.180. The highest BCUT2D eigenvalue weighted by Gasteiger charge is 2.20. The second-order valence-corrected chi connectivity index (χ2v) is 14.8. The minimum atomic E-state index is -0.353. The van der Waals surface area contributed by atoms with E-state index in [-0.39, 0.29) is 11.9 Å². The monoisotopic (exact) mass is 650 g/mol. The molecule has 0 heterocycles. The first-order valence-electron chi connectivity index (χ1n) is 21.4. The van der Waals surface area contributed by atoms with E-state index in [4.69, 9.17) is 11.5 Å². The average molecular weight is 650 g/mol. The maximum atomic E-state index is 13.2. The average Bonchev–Trinajstić information content (AvgIpc) is 3.06. The van der Waals surface area contributed by atoms with E-state index in [1.807, 2.05) is 0 Å². The van der Waals surface area contributed by atoms with Crippen molar-refractivity contribution < 1.29 is 4.79 Å². The van der Waals surface area contributed by atoms with Crippen LogP contribution in [0.4, 0.5) is 0 Å². The summed E-state index contributed by atoms with van der Waals surface area (Å²) in [4.78, 5) is 15.3. The van der Waals surface area contributed by atoms with E-state index in [0.717, 1.165) is 45.2 Å². The van der Waals surface area contributed by atoms with Crippen LogP contribution in [0.15, 0.2) is 0 Å². The fraction of sp³-hybridized carbons (Fsp3) is 0.976. The van der Waals surface area contributed by atoms with Crippen molar-refractivity contribution >= 4 is 5.91 Å². The molecule has 276 valence electrons. The lowest BCUT2D eigenvalue weighted by Crippen LogP contribution is -2.44. The molecule has 0 spiro atoms. The van der Waals surface area contributed by atoms with E-state index in [9.17, 15) is 4.79 Å². The molecule has 0 radical (unpaired) electrons. The maximum Gasteiger partial charge on any atom is 0.239 e. The van der Waals surface area contributed by atoms with Gasteiger partial charge in [0.25, 0.3) is 0 Å². The first-order valence-corrected chi connectivity index (χ1v) is 21.4. The molecule has 0 aliphatic rings. The number of carbonyl (C=O) groups is 1. The molecule has 4 N–H and O–H groups in total. The Morgan fingerprint density at radius 3 is 0.935 bits per heavy atom. The number of nitrogens with zero attached hydrogens (tertiary/aromatic N) is 1. The molecule has 0 bridgehead atoms. The Kier molecular flexibility index (Phi) is 38.3. The minimum Gasteiger partial charge on any atom is -0.341 e. The van der Waals surface area contributed by atoms with Gasteiger partial charge in [-0.1, -0.05) is 213 Å². The molecule has 0 aliphatic heterocycles. The summed E-state index contributed by atoms with van der Waals surface area (Å²) in [7, 11) is 0. The van der Waals surface area contributed by atoms with Gasteiger partial charge in [0, 0.05) is 13.1 Å². The highest BCUT2D eigenvalue weighted by Crippen LogP contribution is 2.16. The molecule has 0 aromatic heterocycles. The van der Waals surface area contributed by atoms with Crippen molar-refractivity contribution in [2.75, 3.05) is 19.6 Å². The van der Waals surface area contributed by atoms with Gasteiger partial charge in [-0.15, -0.1) is 0 Å². The summed E-state index contributed by atoms with van der Waals surface area (Å²) in [5, 5.41) is 0. The first-order chi connectivity index (χ1) is 22.7. The van der Waals surface area contributed by atoms with Crippen molar-refractivity contribution in [1.82, 2.24) is 4.90 Å².